The van der Waals surface area contributed by atoms with Crippen LogP contribution in [0, 0.1) is 0 Å². The fraction of sp³-hybridized carbons (Fsp3) is 0.233. The highest BCUT2D eigenvalue weighted by Crippen LogP contribution is 2.28. The fourth-order valence-electron chi connectivity index (χ4n) is 4.41. The Kier molecular flexibility index (Phi) is 8.27. The molecule has 2 amide bonds. The Morgan fingerprint density at radius 3 is 2.56 bits per heavy atom. The molecular weight excluding hydrogens is 562 g/mol. The first kappa shape index (κ1) is 26.5. The Bertz CT molecular complexity index is 1510. The molecule has 1 saturated heterocycles. The lowest BCUT2D eigenvalue weighted by Crippen LogP contribution is -2.35. The first-order valence-electron chi connectivity index (χ1n) is 12.7. The number of likely N-dealkylation sites (tertiary alicyclic amines) is 1. The summed E-state index contributed by atoms with van der Waals surface area (Å²) in [5.41, 5.74) is 5.46. The Hall–Kier alpha value is -4.11. The van der Waals surface area contributed by atoms with Gasteiger partial charge in [0.15, 0.2) is 17.3 Å². The van der Waals surface area contributed by atoms with Crippen LogP contribution in [0.2, 0.25) is 0 Å². The van der Waals surface area contributed by atoms with Crippen molar-refractivity contribution in [3.63, 3.8) is 0 Å². The highest BCUT2D eigenvalue weighted by atomic mass is 79.9. The van der Waals surface area contributed by atoms with Gasteiger partial charge in [-0.25, -0.2) is 5.43 Å². The molecule has 1 N–H and O–H groups in total. The van der Waals surface area contributed by atoms with Gasteiger partial charge in [0.25, 0.3) is 5.91 Å². The van der Waals surface area contributed by atoms with Gasteiger partial charge in [-0.3, -0.25) is 9.59 Å². The zero-order valence-corrected chi connectivity index (χ0v) is 23.1. The molecule has 0 saturated carbocycles. The highest BCUT2D eigenvalue weighted by molar-refractivity contribution is 9.10. The molecule has 0 atom stereocenters. The number of ether oxygens (including phenoxy) is 2. The molecule has 8 nitrogen and oxygen atoms in total. The predicted molar refractivity (Wildman–Crippen MR) is 152 cm³/mol. The molecule has 0 bridgehead atoms. The van der Waals surface area contributed by atoms with Crippen LogP contribution in [0.1, 0.15) is 51.3 Å². The summed E-state index contributed by atoms with van der Waals surface area (Å²) in [7, 11) is 1.56. The maximum absolute atomic E-state index is 12.7. The summed E-state index contributed by atoms with van der Waals surface area (Å²) in [4.78, 5) is 27.0. The Morgan fingerprint density at radius 2 is 1.79 bits per heavy atom. The Morgan fingerprint density at radius 1 is 1.00 bits per heavy atom. The molecule has 1 aromatic heterocycles. The van der Waals surface area contributed by atoms with E-state index in [2.05, 4.69) is 26.5 Å². The van der Waals surface area contributed by atoms with Crippen LogP contribution in [0.3, 0.4) is 0 Å². The number of nitrogens with one attached hydrogen (secondary N) is 1. The van der Waals surface area contributed by atoms with Gasteiger partial charge in [-0.05, 0) is 85.0 Å². The van der Waals surface area contributed by atoms with Crippen LogP contribution >= 0.6 is 15.9 Å². The summed E-state index contributed by atoms with van der Waals surface area (Å²) in [5.74, 6) is 0.911. The summed E-state index contributed by atoms with van der Waals surface area (Å²) in [6, 6.07) is 20.1. The number of methoxy groups -OCH3 is 1. The van der Waals surface area contributed by atoms with E-state index in [-0.39, 0.29) is 11.7 Å². The summed E-state index contributed by atoms with van der Waals surface area (Å²) in [5, 5.41) is 4.86. The number of fused-ring (bicyclic) bond motifs is 1. The topological polar surface area (TPSA) is 93.4 Å². The molecule has 200 valence electrons. The van der Waals surface area contributed by atoms with Gasteiger partial charge in [0.2, 0.25) is 0 Å². The van der Waals surface area contributed by atoms with Crippen molar-refractivity contribution in [2.45, 2.75) is 25.9 Å². The third-order valence-corrected chi connectivity index (χ3v) is 7.00. The lowest BCUT2D eigenvalue weighted by atomic mass is 10.1. The van der Waals surface area contributed by atoms with E-state index in [1.165, 1.54) is 12.6 Å². The van der Waals surface area contributed by atoms with Crippen molar-refractivity contribution in [3.8, 4) is 11.5 Å². The number of amides is 2. The van der Waals surface area contributed by atoms with Crippen LogP contribution in [-0.2, 0) is 6.61 Å². The van der Waals surface area contributed by atoms with Crippen LogP contribution in [0.4, 0.5) is 0 Å². The zero-order valence-electron chi connectivity index (χ0n) is 21.5. The molecule has 1 aliphatic rings. The Balaban J connectivity index is 1.17. The van der Waals surface area contributed by atoms with Gasteiger partial charge in [-0.2, -0.15) is 5.10 Å². The molecule has 4 aromatic rings. The van der Waals surface area contributed by atoms with E-state index in [4.69, 9.17) is 13.9 Å². The number of furan rings is 1. The minimum atomic E-state index is -0.450. The molecule has 5 rings (SSSR count). The Labute approximate surface area is 234 Å². The summed E-state index contributed by atoms with van der Waals surface area (Å²) in [6.07, 6.45) is 4.84. The van der Waals surface area contributed by atoms with E-state index < -0.39 is 5.91 Å². The maximum Gasteiger partial charge on any atom is 0.307 e. The summed E-state index contributed by atoms with van der Waals surface area (Å²) < 4.78 is 18.0. The largest absolute Gasteiger partial charge is 0.493 e. The lowest BCUT2D eigenvalue weighted by molar-refractivity contribution is 0.0724. The summed E-state index contributed by atoms with van der Waals surface area (Å²) in [6.45, 7) is 1.98. The van der Waals surface area contributed by atoms with Gasteiger partial charge in [0.05, 0.1) is 13.3 Å². The van der Waals surface area contributed by atoms with Crippen molar-refractivity contribution in [3.05, 3.63) is 93.7 Å². The van der Waals surface area contributed by atoms with Crippen molar-refractivity contribution in [2.24, 2.45) is 5.10 Å². The predicted octanol–water partition coefficient (Wildman–Crippen LogP) is 6.17. The number of hydrogen-bond acceptors (Lipinski definition) is 6. The average Bonchev–Trinajstić information content (AvgIpc) is 3.40. The molecule has 1 fully saturated rings. The number of piperidine rings is 1. The van der Waals surface area contributed by atoms with Crippen LogP contribution in [-0.4, -0.2) is 43.1 Å². The van der Waals surface area contributed by atoms with E-state index in [1.807, 2.05) is 47.4 Å². The monoisotopic (exact) mass is 589 g/mol. The first-order valence-corrected chi connectivity index (χ1v) is 13.5. The molecule has 3 aromatic carbocycles. The highest BCUT2D eigenvalue weighted by Gasteiger charge is 2.18. The number of nitrogens with zero attached hydrogens (tertiary/aromatic N) is 2. The van der Waals surface area contributed by atoms with Crippen LogP contribution in [0.15, 0.2) is 80.7 Å². The van der Waals surface area contributed by atoms with Gasteiger partial charge in [0.1, 0.15) is 12.2 Å². The van der Waals surface area contributed by atoms with E-state index in [9.17, 15) is 9.59 Å². The number of hydrogen-bond donors (Lipinski definition) is 1. The van der Waals surface area contributed by atoms with E-state index >= 15 is 0 Å². The second-order valence-corrected chi connectivity index (χ2v) is 10.2. The fourth-order valence-corrected chi connectivity index (χ4v) is 4.79. The number of rotatable bonds is 8. The second-order valence-electron chi connectivity index (χ2n) is 9.24. The molecule has 39 heavy (non-hydrogen) atoms. The maximum atomic E-state index is 12.7. The normalized spacial score (nSPS) is 13.5. The van der Waals surface area contributed by atoms with Crippen molar-refractivity contribution < 1.29 is 23.5 Å². The van der Waals surface area contributed by atoms with Gasteiger partial charge < -0.3 is 18.8 Å². The minimum absolute atomic E-state index is 0.0862. The SMILES string of the molecule is COc1cc(/C=N/NC(=O)c2cc3cc(Br)ccc3o2)ccc1OCc1ccc(C(=O)N2CCCCC2)cc1. The molecule has 0 aliphatic carbocycles. The molecule has 1 aliphatic heterocycles. The van der Waals surface area contributed by atoms with E-state index in [0.717, 1.165) is 41.4 Å². The van der Waals surface area contributed by atoms with Crippen LogP contribution in [0.25, 0.3) is 11.0 Å². The quantitative estimate of drug-likeness (QED) is 0.196. The van der Waals surface area contributed by atoms with Crippen molar-refractivity contribution in [1.29, 1.82) is 0 Å². The van der Waals surface area contributed by atoms with E-state index in [1.54, 1.807) is 31.4 Å². The van der Waals surface area contributed by atoms with Gasteiger partial charge >= 0.3 is 5.91 Å². The van der Waals surface area contributed by atoms with Crippen LogP contribution in [0.5, 0.6) is 11.5 Å². The molecule has 0 radical (unpaired) electrons. The zero-order chi connectivity index (χ0) is 27.2. The second kappa shape index (κ2) is 12.2. The van der Waals surface area contributed by atoms with Crippen molar-refractivity contribution in [1.82, 2.24) is 10.3 Å². The first-order chi connectivity index (χ1) is 19.0. The number of benzene rings is 3. The third kappa shape index (κ3) is 6.49. The third-order valence-electron chi connectivity index (χ3n) is 6.51. The van der Waals surface area contributed by atoms with Gasteiger partial charge in [0, 0.05) is 28.5 Å². The number of halogens is 1. The average molecular weight is 590 g/mol. The number of carbonyl (C=O) groups is 2. The standard InChI is InChI=1S/C30H28BrN3O5/c1-37-27-15-21(18-32-33-29(35)28-17-23-16-24(31)10-12-25(23)39-28)7-11-26(27)38-19-20-5-8-22(9-6-20)30(36)34-13-3-2-4-14-34/h5-12,15-18H,2-4,13-14,19H2,1H3,(H,33,35)/b32-18+. The van der Waals surface area contributed by atoms with Gasteiger partial charge in [-0.1, -0.05) is 28.1 Å². The van der Waals surface area contributed by atoms with Crippen molar-refractivity contribution in [2.75, 3.05) is 20.2 Å². The molecular formula is C30H28BrN3O5. The number of carbonyl (C=O) groups excluding carboxylic acids is 2. The molecule has 0 unspecified atom stereocenters. The lowest BCUT2D eigenvalue weighted by Gasteiger charge is -2.26. The smallest absolute Gasteiger partial charge is 0.307 e. The molecule has 9 heteroatoms. The van der Waals surface area contributed by atoms with Gasteiger partial charge in [-0.15, -0.1) is 0 Å². The molecule has 0 spiro atoms. The van der Waals surface area contributed by atoms with Crippen LogP contribution < -0.4 is 14.9 Å². The molecule has 2 heterocycles. The van der Waals surface area contributed by atoms with E-state index in [0.29, 0.717) is 34.8 Å². The minimum Gasteiger partial charge on any atom is -0.493 e. The number of hydrazone groups is 1. The summed E-state index contributed by atoms with van der Waals surface area (Å²) >= 11 is 3.41. The van der Waals surface area contributed by atoms with Crippen molar-refractivity contribution >= 4 is 44.9 Å².